The number of carbonyl (C=O) groups is 1. The summed E-state index contributed by atoms with van der Waals surface area (Å²) in [4.78, 5) is 12.6. The lowest BCUT2D eigenvalue weighted by atomic mass is 10.1. The van der Waals surface area contributed by atoms with E-state index in [1.807, 2.05) is 48.5 Å². The minimum Gasteiger partial charge on any atom is -0.355 e. The number of amides is 1. The van der Waals surface area contributed by atoms with E-state index in [-0.39, 0.29) is 5.91 Å². The number of para-hydroxylation sites is 2. The van der Waals surface area contributed by atoms with Gasteiger partial charge in [-0.15, -0.1) is 0 Å². The Morgan fingerprint density at radius 1 is 0.833 bits per heavy atom. The molecule has 0 atom stereocenters. The summed E-state index contributed by atoms with van der Waals surface area (Å²) in [5.74, 6) is -0.232. The van der Waals surface area contributed by atoms with Crippen LogP contribution in [0.5, 0.6) is 0 Å². The van der Waals surface area contributed by atoms with Gasteiger partial charge in [0, 0.05) is 11.4 Å². The monoisotopic (exact) mass is 313 g/mol. The Kier molecular flexibility index (Phi) is 4.55. The van der Waals surface area contributed by atoms with Crippen molar-refractivity contribution >= 4 is 23.0 Å². The minimum absolute atomic E-state index is 0.232. The van der Waals surface area contributed by atoms with Gasteiger partial charge in [0.1, 0.15) is 0 Å². The van der Waals surface area contributed by atoms with Gasteiger partial charge in [-0.25, -0.2) is 0 Å². The predicted molar refractivity (Wildman–Crippen MR) is 95.3 cm³/mol. The van der Waals surface area contributed by atoms with Crippen LogP contribution in [0.15, 0.2) is 78.9 Å². The Morgan fingerprint density at radius 2 is 1.54 bits per heavy atom. The molecule has 0 heterocycles. The third-order valence-electron chi connectivity index (χ3n) is 3.47. The average molecular weight is 313 g/mol. The van der Waals surface area contributed by atoms with Crippen LogP contribution in [0.25, 0.3) is 0 Å². The third kappa shape index (κ3) is 3.60. The summed E-state index contributed by atoms with van der Waals surface area (Å²) in [5.41, 5.74) is 3.25. The molecule has 0 radical (unpaired) electrons. The van der Waals surface area contributed by atoms with Crippen LogP contribution in [0.2, 0.25) is 0 Å². The maximum Gasteiger partial charge on any atom is 0.257 e. The fourth-order valence-electron chi connectivity index (χ4n) is 2.33. The quantitative estimate of drug-likeness (QED) is 0.742. The molecule has 0 bridgehead atoms. The molecule has 0 aliphatic heterocycles. The first kappa shape index (κ1) is 15.3. The first-order valence-corrected chi connectivity index (χ1v) is 7.49. The van der Waals surface area contributed by atoms with E-state index >= 15 is 0 Å². The second-order valence-electron chi connectivity index (χ2n) is 5.18. The number of nitrogens with one attached hydrogen (secondary N) is 2. The molecule has 0 aliphatic rings. The molecular formula is C20H15N3O. The van der Waals surface area contributed by atoms with Gasteiger partial charge in [-0.3, -0.25) is 4.79 Å². The zero-order valence-electron chi connectivity index (χ0n) is 12.9. The summed E-state index contributed by atoms with van der Waals surface area (Å²) in [6, 6.07) is 25.9. The Hall–Kier alpha value is -3.58. The van der Waals surface area contributed by atoms with E-state index in [0.717, 1.165) is 11.4 Å². The smallest absolute Gasteiger partial charge is 0.257 e. The van der Waals surface area contributed by atoms with Crippen LogP contribution in [0.3, 0.4) is 0 Å². The molecule has 4 heteroatoms. The second-order valence-corrected chi connectivity index (χ2v) is 5.18. The lowest BCUT2D eigenvalue weighted by molar-refractivity contribution is 0.102. The van der Waals surface area contributed by atoms with Crippen LogP contribution >= 0.6 is 0 Å². The van der Waals surface area contributed by atoms with Crippen molar-refractivity contribution in [3.63, 3.8) is 0 Å². The molecule has 0 unspecified atom stereocenters. The standard InChI is InChI=1S/C20H15N3O/c21-14-15-7-6-10-17(13-15)23-20(24)18-11-4-5-12-19(18)22-16-8-2-1-3-9-16/h1-13,22H,(H,23,24). The van der Waals surface area contributed by atoms with Crippen molar-refractivity contribution in [2.24, 2.45) is 0 Å². The normalized spacial score (nSPS) is 9.79. The number of nitriles is 1. The molecule has 0 saturated heterocycles. The summed E-state index contributed by atoms with van der Waals surface area (Å²) >= 11 is 0. The van der Waals surface area contributed by atoms with Crippen molar-refractivity contribution in [1.29, 1.82) is 5.26 Å². The van der Waals surface area contributed by atoms with Crippen molar-refractivity contribution in [3.8, 4) is 6.07 Å². The molecule has 3 aromatic rings. The number of rotatable bonds is 4. The second kappa shape index (κ2) is 7.12. The molecule has 3 aromatic carbocycles. The largest absolute Gasteiger partial charge is 0.355 e. The van der Waals surface area contributed by atoms with Crippen molar-refractivity contribution in [1.82, 2.24) is 0 Å². The highest BCUT2D eigenvalue weighted by atomic mass is 16.1. The molecule has 0 aromatic heterocycles. The van der Waals surface area contributed by atoms with Gasteiger partial charge in [-0.1, -0.05) is 36.4 Å². The van der Waals surface area contributed by atoms with Crippen LogP contribution in [0, 0.1) is 11.3 Å². The molecular weight excluding hydrogens is 298 g/mol. The van der Waals surface area contributed by atoms with E-state index in [1.165, 1.54) is 0 Å². The highest BCUT2D eigenvalue weighted by molar-refractivity contribution is 6.08. The number of benzene rings is 3. The Morgan fingerprint density at radius 3 is 2.33 bits per heavy atom. The number of hydrogen-bond acceptors (Lipinski definition) is 3. The molecule has 1 amide bonds. The van der Waals surface area contributed by atoms with Gasteiger partial charge >= 0.3 is 0 Å². The van der Waals surface area contributed by atoms with E-state index in [1.54, 1.807) is 30.3 Å². The molecule has 116 valence electrons. The van der Waals surface area contributed by atoms with Crippen LogP contribution in [-0.2, 0) is 0 Å². The molecule has 4 nitrogen and oxygen atoms in total. The number of nitrogens with zero attached hydrogens (tertiary/aromatic N) is 1. The van der Waals surface area contributed by atoms with Gasteiger partial charge in [0.15, 0.2) is 0 Å². The zero-order chi connectivity index (χ0) is 16.8. The third-order valence-corrected chi connectivity index (χ3v) is 3.47. The summed E-state index contributed by atoms with van der Waals surface area (Å²) in [7, 11) is 0. The SMILES string of the molecule is N#Cc1cccc(NC(=O)c2ccccc2Nc2ccccc2)c1. The van der Waals surface area contributed by atoms with E-state index < -0.39 is 0 Å². The van der Waals surface area contributed by atoms with E-state index in [9.17, 15) is 4.79 Å². The molecule has 2 N–H and O–H groups in total. The number of anilines is 3. The topological polar surface area (TPSA) is 64.9 Å². The Bertz CT molecular complexity index is 898. The molecule has 3 rings (SSSR count). The van der Waals surface area contributed by atoms with E-state index in [2.05, 4.69) is 16.7 Å². The summed E-state index contributed by atoms with van der Waals surface area (Å²) in [6.45, 7) is 0. The van der Waals surface area contributed by atoms with Crippen molar-refractivity contribution in [3.05, 3.63) is 90.0 Å². The van der Waals surface area contributed by atoms with Crippen molar-refractivity contribution in [2.75, 3.05) is 10.6 Å². The lowest BCUT2D eigenvalue weighted by Crippen LogP contribution is -2.13. The maximum absolute atomic E-state index is 12.6. The fraction of sp³-hybridized carbons (Fsp3) is 0. The molecule has 24 heavy (non-hydrogen) atoms. The number of hydrogen-bond donors (Lipinski definition) is 2. The molecule has 0 spiro atoms. The van der Waals surface area contributed by atoms with Gasteiger partial charge in [-0.2, -0.15) is 5.26 Å². The van der Waals surface area contributed by atoms with Crippen molar-refractivity contribution < 1.29 is 4.79 Å². The highest BCUT2D eigenvalue weighted by Crippen LogP contribution is 2.22. The molecule has 0 fully saturated rings. The lowest BCUT2D eigenvalue weighted by Gasteiger charge is -2.12. The van der Waals surface area contributed by atoms with E-state index in [0.29, 0.717) is 16.8 Å². The fourth-order valence-corrected chi connectivity index (χ4v) is 2.33. The highest BCUT2D eigenvalue weighted by Gasteiger charge is 2.11. The van der Waals surface area contributed by atoms with Crippen LogP contribution < -0.4 is 10.6 Å². The van der Waals surface area contributed by atoms with Gasteiger partial charge in [0.25, 0.3) is 5.91 Å². The van der Waals surface area contributed by atoms with Crippen LogP contribution in [0.1, 0.15) is 15.9 Å². The maximum atomic E-state index is 12.6. The summed E-state index contributed by atoms with van der Waals surface area (Å²) < 4.78 is 0. The van der Waals surface area contributed by atoms with Gasteiger partial charge in [0.05, 0.1) is 22.9 Å². The van der Waals surface area contributed by atoms with Crippen LogP contribution in [-0.4, -0.2) is 5.91 Å². The van der Waals surface area contributed by atoms with Gasteiger partial charge in [-0.05, 0) is 42.5 Å². The Balaban J connectivity index is 1.83. The first-order chi connectivity index (χ1) is 11.8. The summed E-state index contributed by atoms with van der Waals surface area (Å²) in [5, 5.41) is 15.0. The minimum atomic E-state index is -0.232. The van der Waals surface area contributed by atoms with Crippen molar-refractivity contribution in [2.45, 2.75) is 0 Å². The Labute approximate surface area is 140 Å². The molecule has 0 saturated carbocycles. The zero-order valence-corrected chi connectivity index (χ0v) is 12.9. The predicted octanol–water partition coefficient (Wildman–Crippen LogP) is 4.55. The van der Waals surface area contributed by atoms with Crippen LogP contribution in [0.4, 0.5) is 17.1 Å². The molecule has 0 aliphatic carbocycles. The first-order valence-electron chi connectivity index (χ1n) is 7.49. The van der Waals surface area contributed by atoms with Gasteiger partial charge in [0.2, 0.25) is 0 Å². The number of carbonyl (C=O) groups excluding carboxylic acids is 1. The van der Waals surface area contributed by atoms with Gasteiger partial charge < -0.3 is 10.6 Å². The average Bonchev–Trinajstić information content (AvgIpc) is 2.63. The summed E-state index contributed by atoms with van der Waals surface area (Å²) in [6.07, 6.45) is 0. The van der Waals surface area contributed by atoms with E-state index in [4.69, 9.17) is 5.26 Å².